The van der Waals surface area contributed by atoms with Crippen molar-refractivity contribution < 1.29 is 4.74 Å². The predicted octanol–water partition coefficient (Wildman–Crippen LogP) is 1.98. The maximum Gasteiger partial charge on any atom is 0.174 e. The van der Waals surface area contributed by atoms with Crippen LogP contribution in [0.5, 0.6) is 0 Å². The maximum absolute atomic E-state index is 6.64. The van der Waals surface area contributed by atoms with Gasteiger partial charge in [-0.2, -0.15) is 0 Å². The average molecular weight is 113 g/mol. The summed E-state index contributed by atoms with van der Waals surface area (Å²) in [7, 11) is 6.64. The summed E-state index contributed by atoms with van der Waals surface area (Å²) in [5.74, 6) is 0.403. The molecule has 0 aromatic carbocycles. The molecule has 0 N–H and O–H groups in total. The van der Waals surface area contributed by atoms with Crippen molar-refractivity contribution in [3.8, 4) is 0 Å². The summed E-state index contributed by atoms with van der Waals surface area (Å²) < 4.78 is 4.45. The lowest BCUT2D eigenvalue weighted by atomic mass is 9.95. The van der Waals surface area contributed by atoms with Gasteiger partial charge in [0.2, 0.25) is 0 Å². The average Bonchev–Trinajstić information content (AvgIpc) is 1.67. The van der Waals surface area contributed by atoms with Crippen molar-refractivity contribution in [2.45, 2.75) is 33.3 Å². The van der Waals surface area contributed by atoms with Gasteiger partial charge in [0.15, 0.2) is 7.11 Å². The normalized spacial score (nSPS) is 12.8. The molecule has 47 valence electrons. The standard InChI is InChI=1S/C7H13O/c1-6(2)7(3,4)8-5/h6H,1-4H3. The summed E-state index contributed by atoms with van der Waals surface area (Å²) in [4.78, 5) is 0. The van der Waals surface area contributed by atoms with Crippen molar-refractivity contribution in [1.29, 1.82) is 0 Å². The Kier molecular flexibility index (Phi) is 2.48. The van der Waals surface area contributed by atoms with Crippen LogP contribution in [0, 0.1) is 13.0 Å². The zero-order valence-electron chi connectivity index (χ0n) is 5.99. The minimum Gasteiger partial charge on any atom is -0.359 e. The lowest BCUT2D eigenvalue weighted by molar-refractivity contribution is 0.00996. The van der Waals surface area contributed by atoms with E-state index in [1.807, 2.05) is 27.7 Å². The summed E-state index contributed by atoms with van der Waals surface area (Å²) in [6.45, 7) is 7.89. The monoisotopic (exact) mass is 113 g/mol. The molecule has 1 nitrogen and oxygen atoms in total. The third-order valence-corrected chi connectivity index (χ3v) is 1.65. The van der Waals surface area contributed by atoms with Crippen LogP contribution < -0.4 is 0 Å². The van der Waals surface area contributed by atoms with Gasteiger partial charge in [-0.05, 0) is 19.8 Å². The van der Waals surface area contributed by atoms with E-state index in [0.717, 1.165) is 0 Å². The molecule has 0 aromatic heterocycles. The summed E-state index contributed by atoms with van der Waals surface area (Å²) in [6.07, 6.45) is 0. The SMILES string of the molecule is [C]OC(C)(C)C(C)C. The van der Waals surface area contributed by atoms with Crippen molar-refractivity contribution in [1.82, 2.24) is 0 Å². The van der Waals surface area contributed by atoms with Gasteiger partial charge in [-0.25, -0.2) is 0 Å². The van der Waals surface area contributed by atoms with Gasteiger partial charge in [0.1, 0.15) is 0 Å². The summed E-state index contributed by atoms with van der Waals surface area (Å²) in [5, 5.41) is 0. The molecule has 0 spiro atoms. The van der Waals surface area contributed by atoms with E-state index in [-0.39, 0.29) is 5.60 Å². The van der Waals surface area contributed by atoms with Gasteiger partial charge in [-0.1, -0.05) is 13.8 Å². The molecule has 0 aliphatic rings. The molecule has 0 heterocycles. The molecule has 1 heteroatoms. The van der Waals surface area contributed by atoms with E-state index in [0.29, 0.717) is 5.92 Å². The van der Waals surface area contributed by atoms with Crippen molar-refractivity contribution >= 4 is 0 Å². The van der Waals surface area contributed by atoms with E-state index >= 15 is 0 Å². The Morgan fingerprint density at radius 2 is 1.75 bits per heavy atom. The minimum absolute atomic E-state index is 0.292. The van der Waals surface area contributed by atoms with Crippen LogP contribution in [-0.2, 0) is 4.74 Å². The van der Waals surface area contributed by atoms with E-state index in [1.165, 1.54) is 0 Å². The van der Waals surface area contributed by atoms with Crippen molar-refractivity contribution in [3.05, 3.63) is 7.11 Å². The first-order valence-corrected chi connectivity index (χ1v) is 2.85. The minimum atomic E-state index is -0.292. The smallest absolute Gasteiger partial charge is 0.174 e. The molecule has 0 bridgehead atoms. The lowest BCUT2D eigenvalue weighted by Gasteiger charge is -2.26. The Morgan fingerprint density at radius 3 is 1.75 bits per heavy atom. The summed E-state index contributed by atoms with van der Waals surface area (Å²) >= 11 is 0. The van der Waals surface area contributed by atoms with Crippen LogP contribution in [0.3, 0.4) is 0 Å². The second kappa shape index (κ2) is 2.49. The highest BCUT2D eigenvalue weighted by molar-refractivity contribution is 4.71. The maximum atomic E-state index is 6.64. The molecule has 0 rings (SSSR count). The molecular formula is C7H13O. The van der Waals surface area contributed by atoms with E-state index in [2.05, 4.69) is 4.74 Å². The quantitative estimate of drug-likeness (QED) is 0.532. The molecule has 0 aliphatic carbocycles. The predicted molar refractivity (Wildman–Crippen MR) is 33.2 cm³/mol. The van der Waals surface area contributed by atoms with Crippen LogP contribution in [0.15, 0.2) is 0 Å². The van der Waals surface area contributed by atoms with E-state index in [1.54, 1.807) is 0 Å². The van der Waals surface area contributed by atoms with Crippen LogP contribution in [-0.4, -0.2) is 5.60 Å². The van der Waals surface area contributed by atoms with Crippen molar-refractivity contribution in [2.75, 3.05) is 0 Å². The molecule has 0 fully saturated rings. The Hall–Kier alpha value is -0.0400. The summed E-state index contributed by atoms with van der Waals surface area (Å²) in [6, 6.07) is 0. The lowest BCUT2D eigenvalue weighted by Crippen LogP contribution is -2.28. The number of rotatable bonds is 2. The van der Waals surface area contributed by atoms with Gasteiger partial charge in [-0.3, -0.25) is 0 Å². The second-order valence-electron chi connectivity index (χ2n) is 2.86. The first-order chi connectivity index (χ1) is 3.50. The Labute approximate surface area is 52.0 Å². The molecule has 8 heavy (non-hydrogen) atoms. The molecule has 0 amide bonds. The fourth-order valence-corrected chi connectivity index (χ4v) is 0.118. The zero-order chi connectivity index (χ0) is 6.78. The Bertz CT molecular complexity index is 64.8. The third-order valence-electron chi connectivity index (χ3n) is 1.65. The highest BCUT2D eigenvalue weighted by Gasteiger charge is 2.20. The third kappa shape index (κ3) is 1.83. The Morgan fingerprint density at radius 1 is 1.38 bits per heavy atom. The van der Waals surface area contributed by atoms with E-state index in [4.69, 9.17) is 7.11 Å². The van der Waals surface area contributed by atoms with Crippen LogP contribution in [0.25, 0.3) is 0 Å². The van der Waals surface area contributed by atoms with Crippen molar-refractivity contribution in [2.24, 2.45) is 5.92 Å². The molecule has 0 saturated carbocycles. The number of hydrogen-bond donors (Lipinski definition) is 0. The molecule has 0 aliphatic heterocycles. The van der Waals surface area contributed by atoms with E-state index in [9.17, 15) is 0 Å². The summed E-state index contributed by atoms with van der Waals surface area (Å²) in [5.41, 5.74) is -0.292. The van der Waals surface area contributed by atoms with Crippen LogP contribution in [0.2, 0.25) is 0 Å². The van der Waals surface area contributed by atoms with Crippen LogP contribution >= 0.6 is 0 Å². The van der Waals surface area contributed by atoms with Gasteiger partial charge in [0, 0.05) is 0 Å². The highest BCUT2D eigenvalue weighted by atomic mass is 16.5. The molecular weight excluding hydrogens is 100 g/mol. The highest BCUT2D eigenvalue weighted by Crippen LogP contribution is 2.18. The first kappa shape index (κ1) is 7.96. The zero-order valence-corrected chi connectivity index (χ0v) is 5.99. The van der Waals surface area contributed by atoms with Gasteiger partial charge >= 0.3 is 0 Å². The topological polar surface area (TPSA) is 9.23 Å². The van der Waals surface area contributed by atoms with Gasteiger partial charge in [0.05, 0.1) is 5.60 Å². The van der Waals surface area contributed by atoms with Crippen molar-refractivity contribution in [3.63, 3.8) is 0 Å². The number of hydrogen-bond acceptors (Lipinski definition) is 1. The molecule has 3 radical (unpaired) electrons. The van der Waals surface area contributed by atoms with Gasteiger partial charge in [0.25, 0.3) is 0 Å². The largest absolute Gasteiger partial charge is 0.359 e. The van der Waals surface area contributed by atoms with Gasteiger partial charge < -0.3 is 4.74 Å². The first-order valence-electron chi connectivity index (χ1n) is 2.85. The number of ether oxygens (including phenoxy) is 1. The fourth-order valence-electron chi connectivity index (χ4n) is 0.118. The Balaban J connectivity index is 3.71. The van der Waals surface area contributed by atoms with Gasteiger partial charge in [-0.15, -0.1) is 0 Å². The molecule has 0 aromatic rings. The molecule has 0 atom stereocenters. The molecule has 0 unspecified atom stereocenters. The fraction of sp³-hybridized carbons (Fsp3) is 0.857. The van der Waals surface area contributed by atoms with Crippen LogP contribution in [0.4, 0.5) is 0 Å². The van der Waals surface area contributed by atoms with Crippen LogP contribution in [0.1, 0.15) is 27.7 Å². The molecule has 0 saturated heterocycles. The van der Waals surface area contributed by atoms with E-state index < -0.39 is 0 Å². The second-order valence-corrected chi connectivity index (χ2v) is 2.86.